The Morgan fingerprint density at radius 3 is 3.09 bits per heavy atom. The first-order chi connectivity index (χ1) is 5.47. The van der Waals surface area contributed by atoms with E-state index in [9.17, 15) is 0 Å². The van der Waals surface area contributed by atoms with Gasteiger partial charge in [0, 0.05) is 24.8 Å². The van der Waals surface area contributed by atoms with Gasteiger partial charge >= 0.3 is 0 Å². The summed E-state index contributed by atoms with van der Waals surface area (Å²) in [5, 5.41) is 3.28. The molecule has 1 fully saturated rings. The van der Waals surface area contributed by atoms with Gasteiger partial charge in [-0.1, -0.05) is 18.2 Å². The van der Waals surface area contributed by atoms with Crippen LogP contribution in [0.15, 0.2) is 24.3 Å². The fourth-order valence-electron chi connectivity index (χ4n) is 1.29. The Morgan fingerprint density at radius 2 is 2.45 bits per heavy atom. The third kappa shape index (κ3) is 1.35. The Balaban J connectivity index is 2.16. The SMILES string of the molecule is [c]1ccccc1N1CCNC1. The first-order valence-corrected chi connectivity index (χ1v) is 3.89. The molecule has 1 aromatic carbocycles. The van der Waals surface area contributed by atoms with E-state index in [-0.39, 0.29) is 0 Å². The van der Waals surface area contributed by atoms with Crippen LogP contribution in [0.5, 0.6) is 0 Å². The third-order valence-corrected chi connectivity index (χ3v) is 1.89. The molecule has 0 spiro atoms. The number of hydrogen-bond acceptors (Lipinski definition) is 2. The van der Waals surface area contributed by atoms with Crippen LogP contribution in [0, 0.1) is 6.07 Å². The van der Waals surface area contributed by atoms with Crippen molar-refractivity contribution in [1.29, 1.82) is 0 Å². The van der Waals surface area contributed by atoms with Gasteiger partial charge in [-0.25, -0.2) is 0 Å². The second-order valence-corrected chi connectivity index (χ2v) is 2.67. The smallest absolute Gasteiger partial charge is 0.0683 e. The van der Waals surface area contributed by atoms with Gasteiger partial charge in [-0.3, -0.25) is 5.32 Å². The summed E-state index contributed by atoms with van der Waals surface area (Å²) < 4.78 is 0. The Kier molecular flexibility index (Phi) is 1.78. The maximum Gasteiger partial charge on any atom is 0.0683 e. The zero-order chi connectivity index (χ0) is 7.52. The summed E-state index contributed by atoms with van der Waals surface area (Å²) >= 11 is 0. The number of anilines is 1. The number of nitrogens with one attached hydrogen (secondary N) is 1. The van der Waals surface area contributed by atoms with E-state index in [1.165, 1.54) is 5.69 Å². The first-order valence-electron chi connectivity index (χ1n) is 3.89. The minimum absolute atomic E-state index is 0.959. The number of para-hydroxylation sites is 1. The summed E-state index contributed by atoms with van der Waals surface area (Å²) in [5.41, 5.74) is 1.19. The fourth-order valence-corrected chi connectivity index (χ4v) is 1.29. The van der Waals surface area contributed by atoms with Crippen molar-refractivity contribution in [3.8, 4) is 0 Å². The molecule has 11 heavy (non-hydrogen) atoms. The molecule has 1 radical (unpaired) electrons. The van der Waals surface area contributed by atoms with Crippen LogP contribution in [0.4, 0.5) is 5.69 Å². The molecule has 2 nitrogen and oxygen atoms in total. The van der Waals surface area contributed by atoms with Gasteiger partial charge < -0.3 is 4.90 Å². The predicted octanol–water partition coefficient (Wildman–Crippen LogP) is 0.854. The van der Waals surface area contributed by atoms with Crippen molar-refractivity contribution < 1.29 is 0 Å². The third-order valence-electron chi connectivity index (χ3n) is 1.89. The van der Waals surface area contributed by atoms with Gasteiger partial charge in [0.15, 0.2) is 0 Å². The largest absolute Gasteiger partial charge is 0.357 e. The van der Waals surface area contributed by atoms with Crippen molar-refractivity contribution >= 4 is 5.69 Å². The molecule has 1 heterocycles. The molecule has 1 saturated heterocycles. The van der Waals surface area contributed by atoms with E-state index in [0.717, 1.165) is 19.8 Å². The predicted molar refractivity (Wildman–Crippen MR) is 45.5 cm³/mol. The van der Waals surface area contributed by atoms with Crippen LogP contribution in [0.25, 0.3) is 0 Å². The highest BCUT2D eigenvalue weighted by molar-refractivity contribution is 5.45. The molecule has 1 aromatic rings. The molecule has 2 rings (SSSR count). The molecule has 0 amide bonds. The lowest BCUT2D eigenvalue weighted by atomic mass is 10.3. The Hall–Kier alpha value is -1.02. The molecular weight excluding hydrogens is 136 g/mol. The van der Waals surface area contributed by atoms with Gasteiger partial charge in [-0.2, -0.15) is 0 Å². The lowest BCUT2D eigenvalue weighted by molar-refractivity contribution is 0.855. The van der Waals surface area contributed by atoms with E-state index in [0.29, 0.717) is 0 Å². The van der Waals surface area contributed by atoms with E-state index in [4.69, 9.17) is 0 Å². The van der Waals surface area contributed by atoms with Gasteiger partial charge in [0.25, 0.3) is 0 Å². The van der Waals surface area contributed by atoms with Crippen molar-refractivity contribution in [2.75, 3.05) is 24.7 Å². The van der Waals surface area contributed by atoms with E-state index >= 15 is 0 Å². The lowest BCUT2D eigenvalue weighted by Crippen LogP contribution is -2.20. The summed E-state index contributed by atoms with van der Waals surface area (Å²) in [6, 6.07) is 11.3. The first kappa shape index (κ1) is 6.68. The van der Waals surface area contributed by atoms with E-state index in [1.54, 1.807) is 0 Å². The highest BCUT2D eigenvalue weighted by atomic mass is 15.3. The summed E-state index contributed by atoms with van der Waals surface area (Å²) in [6.45, 7) is 3.14. The number of hydrogen-bond donors (Lipinski definition) is 1. The van der Waals surface area contributed by atoms with Crippen molar-refractivity contribution in [1.82, 2.24) is 5.32 Å². The maximum absolute atomic E-state index is 3.28. The van der Waals surface area contributed by atoms with Gasteiger partial charge in [-0.15, -0.1) is 0 Å². The molecule has 0 unspecified atom stereocenters. The second-order valence-electron chi connectivity index (χ2n) is 2.67. The Bertz CT molecular complexity index is 214. The second kappa shape index (κ2) is 2.93. The minimum atomic E-state index is 0.959. The van der Waals surface area contributed by atoms with Crippen molar-refractivity contribution in [3.63, 3.8) is 0 Å². The van der Waals surface area contributed by atoms with Crippen LogP contribution in [-0.2, 0) is 0 Å². The van der Waals surface area contributed by atoms with Crippen LogP contribution in [0.1, 0.15) is 0 Å². The number of rotatable bonds is 1. The molecule has 0 aromatic heterocycles. The average Bonchev–Trinajstić information content (AvgIpc) is 2.58. The lowest BCUT2D eigenvalue weighted by Gasteiger charge is -2.15. The fraction of sp³-hybridized carbons (Fsp3) is 0.333. The van der Waals surface area contributed by atoms with Crippen LogP contribution < -0.4 is 10.2 Å². The summed E-state index contributed by atoms with van der Waals surface area (Å²) in [5.74, 6) is 0. The summed E-state index contributed by atoms with van der Waals surface area (Å²) in [7, 11) is 0. The standard InChI is InChI=1S/C9H11N2/c1-2-4-9(5-3-1)11-7-6-10-8-11/h1-4,10H,6-8H2. The summed E-state index contributed by atoms with van der Waals surface area (Å²) in [4.78, 5) is 2.28. The van der Waals surface area contributed by atoms with Crippen LogP contribution in [-0.4, -0.2) is 19.8 Å². The molecule has 1 N–H and O–H groups in total. The molecule has 0 aliphatic carbocycles. The summed E-state index contributed by atoms with van der Waals surface area (Å²) in [6.07, 6.45) is 0. The van der Waals surface area contributed by atoms with Crippen molar-refractivity contribution in [2.24, 2.45) is 0 Å². The molecule has 57 valence electrons. The Labute approximate surface area is 66.8 Å². The molecule has 2 heteroatoms. The van der Waals surface area contributed by atoms with Gasteiger partial charge in [0.05, 0.1) is 6.67 Å². The van der Waals surface area contributed by atoms with Crippen molar-refractivity contribution in [3.05, 3.63) is 30.3 Å². The normalized spacial score (nSPS) is 17.3. The topological polar surface area (TPSA) is 15.3 Å². The van der Waals surface area contributed by atoms with Gasteiger partial charge in [0.2, 0.25) is 0 Å². The molecule has 0 bridgehead atoms. The van der Waals surface area contributed by atoms with Crippen LogP contribution in [0.3, 0.4) is 0 Å². The van der Waals surface area contributed by atoms with Gasteiger partial charge in [-0.05, 0) is 6.07 Å². The maximum atomic E-state index is 3.28. The average molecular weight is 147 g/mol. The zero-order valence-corrected chi connectivity index (χ0v) is 6.38. The Morgan fingerprint density at radius 1 is 1.45 bits per heavy atom. The van der Waals surface area contributed by atoms with E-state index < -0.39 is 0 Å². The quantitative estimate of drug-likeness (QED) is 0.633. The molecule has 1 aliphatic heterocycles. The number of benzene rings is 1. The van der Waals surface area contributed by atoms with Crippen LogP contribution >= 0.6 is 0 Å². The molecular formula is C9H11N2. The van der Waals surface area contributed by atoms with E-state index in [1.807, 2.05) is 18.2 Å². The number of nitrogens with zero attached hydrogens (tertiary/aromatic N) is 1. The zero-order valence-electron chi connectivity index (χ0n) is 6.38. The van der Waals surface area contributed by atoms with Gasteiger partial charge in [0.1, 0.15) is 0 Å². The minimum Gasteiger partial charge on any atom is -0.357 e. The van der Waals surface area contributed by atoms with Crippen molar-refractivity contribution in [2.45, 2.75) is 0 Å². The van der Waals surface area contributed by atoms with E-state index in [2.05, 4.69) is 22.3 Å². The molecule has 0 atom stereocenters. The highest BCUT2D eigenvalue weighted by Gasteiger charge is 2.09. The highest BCUT2D eigenvalue weighted by Crippen LogP contribution is 2.12. The molecule has 1 aliphatic rings. The monoisotopic (exact) mass is 147 g/mol. The molecule has 0 saturated carbocycles. The van der Waals surface area contributed by atoms with Crippen LogP contribution in [0.2, 0.25) is 0 Å².